The molecule has 2 heterocycles. The van der Waals surface area contributed by atoms with Crippen LogP contribution >= 0.6 is 0 Å². The van der Waals surface area contributed by atoms with Crippen molar-refractivity contribution in [2.75, 3.05) is 30.3 Å². The van der Waals surface area contributed by atoms with Gasteiger partial charge in [0, 0.05) is 13.1 Å². The summed E-state index contributed by atoms with van der Waals surface area (Å²) in [5, 5.41) is 10.1. The quantitative estimate of drug-likeness (QED) is 0.776. The molecule has 17 heavy (non-hydrogen) atoms. The monoisotopic (exact) mass is 235 g/mol. The van der Waals surface area contributed by atoms with Crippen LogP contribution in [0.5, 0.6) is 0 Å². The van der Waals surface area contributed by atoms with Crippen LogP contribution in [0.1, 0.15) is 12.8 Å². The van der Waals surface area contributed by atoms with Crippen molar-refractivity contribution in [2.45, 2.75) is 24.5 Å². The van der Waals surface area contributed by atoms with Crippen LogP contribution < -0.4 is 10.6 Å². The van der Waals surface area contributed by atoms with Crippen molar-refractivity contribution in [1.29, 1.82) is 0 Å². The van der Waals surface area contributed by atoms with Gasteiger partial charge < -0.3 is 20.5 Å². The summed E-state index contributed by atoms with van der Waals surface area (Å²) in [5.41, 5.74) is 6.02. The third kappa shape index (κ3) is 2.08. The number of hydrogen-bond donors (Lipinski definition) is 2. The molecule has 3 N–H and O–H groups in total. The van der Waals surface area contributed by atoms with Crippen LogP contribution in [-0.4, -0.2) is 41.5 Å². The Bertz CT molecular complexity index is 403. The molecular formula is C12H17N3O2. The minimum absolute atomic E-state index is 0.0752. The Labute approximate surface area is 100 Å². The van der Waals surface area contributed by atoms with E-state index in [4.69, 9.17) is 10.5 Å². The summed E-state index contributed by atoms with van der Waals surface area (Å²) in [5.74, 6) is 0.527. The number of anilines is 2. The summed E-state index contributed by atoms with van der Waals surface area (Å²) < 4.78 is 5.64. The molecule has 0 amide bonds. The Morgan fingerprint density at radius 3 is 2.94 bits per heavy atom. The zero-order valence-electron chi connectivity index (χ0n) is 9.67. The zero-order valence-corrected chi connectivity index (χ0v) is 9.67. The Morgan fingerprint density at radius 1 is 1.47 bits per heavy atom. The fraction of sp³-hybridized carbons (Fsp3) is 0.583. The van der Waals surface area contributed by atoms with Gasteiger partial charge in [0.05, 0.1) is 24.1 Å². The van der Waals surface area contributed by atoms with Crippen LogP contribution in [0.15, 0.2) is 18.3 Å². The average molecular weight is 235 g/mol. The Balaban J connectivity index is 1.73. The van der Waals surface area contributed by atoms with Crippen molar-refractivity contribution in [2.24, 2.45) is 0 Å². The highest BCUT2D eigenvalue weighted by atomic mass is 16.5. The lowest BCUT2D eigenvalue weighted by Crippen LogP contribution is -2.48. The molecule has 1 aromatic heterocycles. The van der Waals surface area contributed by atoms with Crippen molar-refractivity contribution in [1.82, 2.24) is 4.98 Å². The molecule has 5 heteroatoms. The van der Waals surface area contributed by atoms with Gasteiger partial charge in [0.25, 0.3) is 0 Å². The molecule has 0 spiro atoms. The van der Waals surface area contributed by atoms with E-state index in [9.17, 15) is 5.11 Å². The van der Waals surface area contributed by atoms with Crippen LogP contribution in [0, 0.1) is 0 Å². The van der Waals surface area contributed by atoms with Crippen molar-refractivity contribution < 1.29 is 9.84 Å². The summed E-state index contributed by atoms with van der Waals surface area (Å²) in [7, 11) is 0. The first kappa shape index (κ1) is 10.8. The second kappa shape index (κ2) is 3.85. The van der Waals surface area contributed by atoms with E-state index in [0.29, 0.717) is 12.4 Å². The topological polar surface area (TPSA) is 71.6 Å². The normalized spacial score (nSPS) is 26.9. The molecule has 3 rings (SSSR count). The van der Waals surface area contributed by atoms with Crippen molar-refractivity contribution >= 4 is 11.5 Å². The number of nitrogen functional groups attached to an aromatic ring is 1. The molecule has 1 saturated heterocycles. The number of nitrogens with zero attached hydrogens (tertiary/aromatic N) is 2. The lowest BCUT2D eigenvalue weighted by molar-refractivity contribution is -0.0586. The second-order valence-corrected chi connectivity index (χ2v) is 4.85. The van der Waals surface area contributed by atoms with Gasteiger partial charge in [0.15, 0.2) is 0 Å². The Hall–Kier alpha value is -1.33. The standard InChI is InChI=1S/C12H17N3O2/c13-11-2-1-9(7-14-11)15-5-6-17-10(8-15)12(16)3-4-12/h1-2,7,10,16H,3-6,8H2,(H2,13,14). The number of pyridine rings is 1. The maximum atomic E-state index is 10.1. The summed E-state index contributed by atoms with van der Waals surface area (Å²) in [4.78, 5) is 6.28. The molecule has 2 fully saturated rings. The SMILES string of the molecule is Nc1ccc(N2CCOC(C3(O)CC3)C2)cn1. The number of hydrogen-bond acceptors (Lipinski definition) is 5. The maximum absolute atomic E-state index is 10.1. The molecule has 1 aromatic rings. The lowest BCUT2D eigenvalue weighted by atomic mass is 10.1. The maximum Gasteiger partial charge on any atom is 0.123 e. The number of aromatic nitrogens is 1. The fourth-order valence-electron chi connectivity index (χ4n) is 2.24. The van der Waals surface area contributed by atoms with Gasteiger partial charge in [0.2, 0.25) is 0 Å². The van der Waals surface area contributed by atoms with Crippen LogP contribution in [0.25, 0.3) is 0 Å². The summed E-state index contributed by atoms with van der Waals surface area (Å²) in [6.45, 7) is 2.21. The van der Waals surface area contributed by atoms with E-state index in [0.717, 1.165) is 31.6 Å². The number of nitrogens with two attached hydrogens (primary N) is 1. The largest absolute Gasteiger partial charge is 0.387 e. The third-order valence-corrected chi connectivity index (χ3v) is 3.56. The van der Waals surface area contributed by atoms with Gasteiger partial charge in [-0.15, -0.1) is 0 Å². The van der Waals surface area contributed by atoms with E-state index in [2.05, 4.69) is 9.88 Å². The molecular weight excluding hydrogens is 218 g/mol. The molecule has 1 unspecified atom stereocenters. The molecule has 1 aliphatic carbocycles. The van der Waals surface area contributed by atoms with E-state index in [1.165, 1.54) is 0 Å². The molecule has 0 radical (unpaired) electrons. The first-order valence-corrected chi connectivity index (χ1v) is 5.98. The highest BCUT2D eigenvalue weighted by molar-refractivity contribution is 5.48. The number of ether oxygens (including phenoxy) is 1. The van der Waals surface area contributed by atoms with E-state index >= 15 is 0 Å². The fourth-order valence-corrected chi connectivity index (χ4v) is 2.24. The predicted octanol–water partition coefficient (Wildman–Crippen LogP) is 0.394. The third-order valence-electron chi connectivity index (χ3n) is 3.56. The smallest absolute Gasteiger partial charge is 0.123 e. The molecule has 1 atom stereocenters. The number of morpholine rings is 1. The van der Waals surface area contributed by atoms with Gasteiger partial charge in [-0.1, -0.05) is 0 Å². The average Bonchev–Trinajstić information content (AvgIpc) is 3.10. The second-order valence-electron chi connectivity index (χ2n) is 4.85. The van der Waals surface area contributed by atoms with Crippen molar-refractivity contribution in [3.05, 3.63) is 18.3 Å². The Kier molecular flexibility index (Phi) is 2.45. The molecule has 1 saturated carbocycles. The molecule has 0 bridgehead atoms. The number of aliphatic hydroxyl groups is 1. The van der Waals surface area contributed by atoms with E-state index in [-0.39, 0.29) is 6.10 Å². The van der Waals surface area contributed by atoms with Gasteiger partial charge in [-0.3, -0.25) is 0 Å². The molecule has 92 valence electrons. The van der Waals surface area contributed by atoms with Crippen molar-refractivity contribution in [3.8, 4) is 0 Å². The Morgan fingerprint density at radius 2 is 2.29 bits per heavy atom. The summed E-state index contributed by atoms with van der Waals surface area (Å²) in [6.07, 6.45) is 3.40. The van der Waals surface area contributed by atoms with Crippen LogP contribution in [0.4, 0.5) is 11.5 Å². The van der Waals surface area contributed by atoms with Crippen LogP contribution in [0.2, 0.25) is 0 Å². The zero-order chi connectivity index (χ0) is 11.9. The molecule has 1 aliphatic heterocycles. The van der Waals surface area contributed by atoms with Crippen LogP contribution in [-0.2, 0) is 4.74 Å². The van der Waals surface area contributed by atoms with Crippen molar-refractivity contribution in [3.63, 3.8) is 0 Å². The van der Waals surface area contributed by atoms with Gasteiger partial charge in [0.1, 0.15) is 11.9 Å². The highest BCUT2D eigenvalue weighted by Crippen LogP contribution is 2.41. The molecule has 0 aromatic carbocycles. The summed E-state index contributed by atoms with van der Waals surface area (Å²) in [6, 6.07) is 3.76. The summed E-state index contributed by atoms with van der Waals surface area (Å²) >= 11 is 0. The predicted molar refractivity (Wildman–Crippen MR) is 64.8 cm³/mol. The number of rotatable bonds is 2. The lowest BCUT2D eigenvalue weighted by Gasteiger charge is -2.36. The van der Waals surface area contributed by atoms with Gasteiger partial charge in [-0.05, 0) is 25.0 Å². The van der Waals surface area contributed by atoms with Gasteiger partial charge in [-0.2, -0.15) is 0 Å². The van der Waals surface area contributed by atoms with Gasteiger partial charge in [-0.25, -0.2) is 4.98 Å². The van der Waals surface area contributed by atoms with E-state index in [1.807, 2.05) is 6.07 Å². The van der Waals surface area contributed by atoms with Gasteiger partial charge >= 0.3 is 0 Å². The van der Waals surface area contributed by atoms with E-state index in [1.54, 1.807) is 12.3 Å². The minimum atomic E-state index is -0.583. The minimum Gasteiger partial charge on any atom is -0.387 e. The first-order chi connectivity index (χ1) is 8.17. The first-order valence-electron chi connectivity index (χ1n) is 5.98. The van der Waals surface area contributed by atoms with E-state index < -0.39 is 5.60 Å². The highest BCUT2D eigenvalue weighted by Gasteiger charge is 2.50. The van der Waals surface area contributed by atoms with Crippen LogP contribution in [0.3, 0.4) is 0 Å². The molecule has 2 aliphatic rings. The molecule has 5 nitrogen and oxygen atoms in total.